The molecule has 2 rings (SSSR count). The van der Waals surface area contributed by atoms with Crippen molar-refractivity contribution in [3.63, 3.8) is 0 Å². The predicted octanol–water partition coefficient (Wildman–Crippen LogP) is 1.27. The summed E-state index contributed by atoms with van der Waals surface area (Å²) in [6.07, 6.45) is 1.77. The third-order valence-electron chi connectivity index (χ3n) is 1.61. The standard InChI is InChI=1S/C7H8N4.ClH/c8-10-6-2-1-5-4-9-11-7(5)3-6;/h1-4,10H,8H2,(H,9,11);1H. The maximum Gasteiger partial charge on any atom is 0.0671 e. The van der Waals surface area contributed by atoms with Gasteiger partial charge in [-0.05, 0) is 18.2 Å². The van der Waals surface area contributed by atoms with E-state index >= 15 is 0 Å². The Labute approximate surface area is 75.5 Å². The highest BCUT2D eigenvalue weighted by atomic mass is 35.5. The highest BCUT2D eigenvalue weighted by Gasteiger charge is 1.94. The van der Waals surface area contributed by atoms with Crippen molar-refractivity contribution in [1.82, 2.24) is 10.2 Å². The third kappa shape index (κ3) is 1.34. The Morgan fingerprint density at radius 1 is 1.42 bits per heavy atom. The number of H-pyrrole nitrogens is 1. The zero-order chi connectivity index (χ0) is 7.68. The van der Waals surface area contributed by atoms with E-state index < -0.39 is 0 Å². The highest BCUT2D eigenvalue weighted by molar-refractivity contribution is 5.85. The number of rotatable bonds is 1. The van der Waals surface area contributed by atoms with Crippen LogP contribution in [0.25, 0.3) is 10.9 Å². The summed E-state index contributed by atoms with van der Waals surface area (Å²) in [5.41, 5.74) is 4.42. The van der Waals surface area contributed by atoms with Gasteiger partial charge in [0.05, 0.1) is 17.4 Å². The van der Waals surface area contributed by atoms with E-state index in [1.807, 2.05) is 18.2 Å². The van der Waals surface area contributed by atoms with Gasteiger partial charge in [0.2, 0.25) is 0 Å². The Morgan fingerprint density at radius 2 is 2.25 bits per heavy atom. The summed E-state index contributed by atoms with van der Waals surface area (Å²) in [7, 11) is 0. The van der Waals surface area contributed by atoms with Crippen LogP contribution in [0.5, 0.6) is 0 Å². The van der Waals surface area contributed by atoms with E-state index in [-0.39, 0.29) is 12.4 Å². The number of aromatic amines is 1. The molecule has 2 aromatic rings. The lowest BCUT2D eigenvalue weighted by molar-refractivity contribution is 1.12. The zero-order valence-corrected chi connectivity index (χ0v) is 7.06. The molecule has 0 saturated heterocycles. The number of hydrogen-bond donors (Lipinski definition) is 3. The van der Waals surface area contributed by atoms with E-state index in [9.17, 15) is 0 Å². The minimum absolute atomic E-state index is 0. The molecule has 0 saturated carbocycles. The SMILES string of the molecule is Cl.NNc1ccc2cn[nH]c2c1. The van der Waals surface area contributed by atoms with Crippen LogP contribution in [0.4, 0.5) is 5.69 Å². The van der Waals surface area contributed by atoms with Crippen molar-refractivity contribution in [1.29, 1.82) is 0 Å². The molecule has 4 N–H and O–H groups in total. The molecule has 0 aliphatic carbocycles. The van der Waals surface area contributed by atoms with E-state index in [0.717, 1.165) is 16.6 Å². The summed E-state index contributed by atoms with van der Waals surface area (Å²) in [5, 5.41) is 7.82. The van der Waals surface area contributed by atoms with Crippen LogP contribution in [0.1, 0.15) is 0 Å². The smallest absolute Gasteiger partial charge is 0.0671 e. The van der Waals surface area contributed by atoms with Crippen molar-refractivity contribution < 1.29 is 0 Å². The molecule has 1 aromatic heterocycles. The van der Waals surface area contributed by atoms with Gasteiger partial charge in [0, 0.05) is 5.39 Å². The number of nitrogen functional groups attached to an aromatic ring is 1. The highest BCUT2D eigenvalue weighted by Crippen LogP contribution is 2.14. The first-order valence-corrected chi connectivity index (χ1v) is 3.30. The largest absolute Gasteiger partial charge is 0.324 e. The molecule has 4 nitrogen and oxygen atoms in total. The molecule has 1 heterocycles. The number of nitrogens with zero attached hydrogens (tertiary/aromatic N) is 1. The Bertz CT molecular complexity index is 370. The van der Waals surface area contributed by atoms with Gasteiger partial charge in [-0.1, -0.05) is 0 Å². The lowest BCUT2D eigenvalue weighted by Gasteiger charge is -1.96. The van der Waals surface area contributed by atoms with Gasteiger partial charge in [-0.25, -0.2) is 0 Å². The Morgan fingerprint density at radius 3 is 3.00 bits per heavy atom. The minimum Gasteiger partial charge on any atom is -0.324 e. The molecule has 0 spiro atoms. The number of anilines is 1. The summed E-state index contributed by atoms with van der Waals surface area (Å²) in [6, 6.07) is 5.76. The second kappa shape index (κ2) is 3.42. The van der Waals surface area contributed by atoms with E-state index in [4.69, 9.17) is 5.84 Å². The molecule has 0 amide bonds. The summed E-state index contributed by atoms with van der Waals surface area (Å²) in [5.74, 6) is 5.23. The van der Waals surface area contributed by atoms with Gasteiger partial charge in [0.25, 0.3) is 0 Å². The first-order valence-electron chi connectivity index (χ1n) is 3.30. The maximum atomic E-state index is 5.23. The van der Waals surface area contributed by atoms with Crippen molar-refractivity contribution in [3.8, 4) is 0 Å². The van der Waals surface area contributed by atoms with Crippen molar-refractivity contribution in [2.45, 2.75) is 0 Å². The number of hydrogen-bond acceptors (Lipinski definition) is 3. The molecule has 0 aliphatic heterocycles. The van der Waals surface area contributed by atoms with E-state index in [1.165, 1.54) is 0 Å². The first kappa shape index (κ1) is 8.83. The Hall–Kier alpha value is -1.26. The molecule has 0 atom stereocenters. The second-order valence-electron chi connectivity index (χ2n) is 2.32. The van der Waals surface area contributed by atoms with Gasteiger partial charge < -0.3 is 5.43 Å². The number of aromatic nitrogens is 2. The monoisotopic (exact) mass is 184 g/mol. The number of halogens is 1. The molecule has 0 aliphatic rings. The molecule has 0 fully saturated rings. The van der Waals surface area contributed by atoms with Crippen LogP contribution in [-0.4, -0.2) is 10.2 Å². The number of nitrogens with two attached hydrogens (primary N) is 1. The average Bonchev–Trinajstić information content (AvgIpc) is 2.50. The fraction of sp³-hybridized carbons (Fsp3) is 0. The van der Waals surface area contributed by atoms with Crippen LogP contribution in [0.3, 0.4) is 0 Å². The molecule has 0 unspecified atom stereocenters. The van der Waals surface area contributed by atoms with E-state index in [0.29, 0.717) is 0 Å². The second-order valence-corrected chi connectivity index (χ2v) is 2.32. The van der Waals surface area contributed by atoms with Gasteiger partial charge in [0.1, 0.15) is 0 Å². The van der Waals surface area contributed by atoms with Gasteiger partial charge in [-0.2, -0.15) is 5.10 Å². The van der Waals surface area contributed by atoms with Crippen LogP contribution in [0.2, 0.25) is 0 Å². The van der Waals surface area contributed by atoms with Gasteiger partial charge in [-0.3, -0.25) is 10.9 Å². The first-order chi connectivity index (χ1) is 5.40. The van der Waals surface area contributed by atoms with Crippen LogP contribution < -0.4 is 11.3 Å². The fourth-order valence-corrected chi connectivity index (χ4v) is 1.03. The number of nitrogens with one attached hydrogen (secondary N) is 2. The lowest BCUT2D eigenvalue weighted by Crippen LogP contribution is -2.05. The summed E-state index contributed by atoms with van der Waals surface area (Å²) < 4.78 is 0. The van der Waals surface area contributed by atoms with Crippen LogP contribution >= 0.6 is 12.4 Å². The molecule has 5 heteroatoms. The van der Waals surface area contributed by atoms with E-state index in [2.05, 4.69) is 15.6 Å². The quantitative estimate of drug-likeness (QED) is 0.462. The van der Waals surface area contributed by atoms with Crippen LogP contribution in [-0.2, 0) is 0 Å². The minimum atomic E-state index is 0. The topological polar surface area (TPSA) is 66.7 Å². The third-order valence-corrected chi connectivity index (χ3v) is 1.61. The molecule has 0 bridgehead atoms. The number of hydrazine groups is 1. The summed E-state index contributed by atoms with van der Waals surface area (Å²) in [4.78, 5) is 0. The molecule has 12 heavy (non-hydrogen) atoms. The van der Waals surface area contributed by atoms with Gasteiger partial charge in [-0.15, -0.1) is 12.4 Å². The number of fused-ring (bicyclic) bond motifs is 1. The number of benzene rings is 1. The molecule has 1 aromatic carbocycles. The molecular weight excluding hydrogens is 176 g/mol. The van der Waals surface area contributed by atoms with Gasteiger partial charge in [0.15, 0.2) is 0 Å². The average molecular weight is 185 g/mol. The summed E-state index contributed by atoms with van der Waals surface area (Å²) in [6.45, 7) is 0. The van der Waals surface area contributed by atoms with Crippen molar-refractivity contribution in [2.24, 2.45) is 5.84 Å². The van der Waals surface area contributed by atoms with Crippen molar-refractivity contribution in [2.75, 3.05) is 5.43 Å². The summed E-state index contributed by atoms with van der Waals surface area (Å²) >= 11 is 0. The molecule has 0 radical (unpaired) electrons. The van der Waals surface area contributed by atoms with Crippen LogP contribution in [0, 0.1) is 0 Å². The zero-order valence-electron chi connectivity index (χ0n) is 6.24. The lowest BCUT2D eigenvalue weighted by atomic mass is 10.2. The molecule has 64 valence electrons. The Balaban J connectivity index is 0.000000720. The predicted molar refractivity (Wildman–Crippen MR) is 51.2 cm³/mol. The van der Waals surface area contributed by atoms with Crippen molar-refractivity contribution >= 4 is 29.0 Å². The normalized spacial score (nSPS) is 9.42. The molecular formula is C7H9ClN4. The van der Waals surface area contributed by atoms with Gasteiger partial charge >= 0.3 is 0 Å². The van der Waals surface area contributed by atoms with Crippen molar-refractivity contribution in [3.05, 3.63) is 24.4 Å². The maximum absolute atomic E-state index is 5.23. The fourth-order valence-electron chi connectivity index (χ4n) is 1.03. The Kier molecular flexibility index (Phi) is 2.52. The van der Waals surface area contributed by atoms with E-state index in [1.54, 1.807) is 6.20 Å². The van der Waals surface area contributed by atoms with Crippen LogP contribution in [0.15, 0.2) is 24.4 Å².